The van der Waals surface area contributed by atoms with Gasteiger partial charge in [0.2, 0.25) is 0 Å². The van der Waals surface area contributed by atoms with E-state index in [0.717, 1.165) is 12.1 Å². The Morgan fingerprint density at radius 2 is 2.33 bits per heavy atom. The SMILES string of the molecule is CCc1cccc2nc(C(=O)O)c(Br)n12. The van der Waals surface area contributed by atoms with E-state index in [9.17, 15) is 4.79 Å². The van der Waals surface area contributed by atoms with Crippen molar-refractivity contribution in [2.45, 2.75) is 13.3 Å². The predicted octanol–water partition coefficient (Wildman–Crippen LogP) is 2.36. The number of nitrogens with zero attached hydrogens (tertiary/aromatic N) is 2. The number of pyridine rings is 1. The summed E-state index contributed by atoms with van der Waals surface area (Å²) in [6.07, 6.45) is 0.825. The first-order valence-corrected chi connectivity index (χ1v) is 5.33. The van der Waals surface area contributed by atoms with E-state index in [1.807, 2.05) is 23.5 Å². The molecule has 0 saturated carbocycles. The van der Waals surface area contributed by atoms with Gasteiger partial charge in [-0.05, 0) is 34.5 Å². The maximum Gasteiger partial charge on any atom is 0.357 e. The molecule has 2 heterocycles. The Bertz CT molecular complexity index is 533. The largest absolute Gasteiger partial charge is 0.476 e. The molecule has 5 heteroatoms. The average molecular weight is 269 g/mol. The van der Waals surface area contributed by atoms with Crippen molar-refractivity contribution in [1.29, 1.82) is 0 Å². The lowest BCUT2D eigenvalue weighted by atomic mass is 10.3. The number of rotatable bonds is 2. The number of halogens is 1. The third-order valence-electron chi connectivity index (χ3n) is 2.23. The van der Waals surface area contributed by atoms with Gasteiger partial charge in [-0.15, -0.1) is 0 Å². The third-order valence-corrected chi connectivity index (χ3v) is 2.96. The zero-order chi connectivity index (χ0) is 11.0. The number of hydrogen-bond donors (Lipinski definition) is 1. The Hall–Kier alpha value is -1.36. The molecule has 0 saturated heterocycles. The van der Waals surface area contributed by atoms with Crippen molar-refractivity contribution in [2.24, 2.45) is 0 Å². The highest BCUT2D eigenvalue weighted by Crippen LogP contribution is 2.21. The van der Waals surface area contributed by atoms with Gasteiger partial charge in [0.05, 0.1) is 0 Å². The van der Waals surface area contributed by atoms with Crippen LogP contribution in [0.15, 0.2) is 22.8 Å². The topological polar surface area (TPSA) is 54.6 Å². The second-order valence-corrected chi connectivity index (χ2v) is 3.87. The number of fused-ring (bicyclic) bond motifs is 1. The van der Waals surface area contributed by atoms with Crippen molar-refractivity contribution in [3.63, 3.8) is 0 Å². The minimum absolute atomic E-state index is 0.0518. The lowest BCUT2D eigenvalue weighted by molar-refractivity contribution is 0.0690. The van der Waals surface area contributed by atoms with Crippen molar-refractivity contribution >= 4 is 27.5 Å². The zero-order valence-electron chi connectivity index (χ0n) is 8.07. The molecule has 0 bridgehead atoms. The van der Waals surface area contributed by atoms with Gasteiger partial charge in [-0.25, -0.2) is 9.78 Å². The Kier molecular flexibility index (Phi) is 2.48. The van der Waals surface area contributed by atoms with E-state index < -0.39 is 5.97 Å². The van der Waals surface area contributed by atoms with Crippen LogP contribution in [0.5, 0.6) is 0 Å². The fraction of sp³-hybridized carbons (Fsp3) is 0.200. The summed E-state index contributed by atoms with van der Waals surface area (Å²) in [7, 11) is 0. The second-order valence-electron chi connectivity index (χ2n) is 3.12. The van der Waals surface area contributed by atoms with E-state index in [4.69, 9.17) is 5.11 Å². The highest BCUT2D eigenvalue weighted by Gasteiger charge is 2.16. The van der Waals surface area contributed by atoms with Gasteiger partial charge >= 0.3 is 5.97 Å². The first-order valence-electron chi connectivity index (χ1n) is 4.54. The van der Waals surface area contributed by atoms with Gasteiger partial charge in [0.25, 0.3) is 0 Å². The lowest BCUT2D eigenvalue weighted by Crippen LogP contribution is -1.98. The molecule has 0 aromatic carbocycles. The van der Waals surface area contributed by atoms with Crippen LogP contribution in [0.2, 0.25) is 0 Å². The highest BCUT2D eigenvalue weighted by atomic mass is 79.9. The number of carboxylic acids is 1. The van der Waals surface area contributed by atoms with Gasteiger partial charge < -0.3 is 5.11 Å². The maximum atomic E-state index is 10.9. The molecule has 2 rings (SSSR count). The Morgan fingerprint density at radius 1 is 1.60 bits per heavy atom. The number of carboxylic acid groups (broad SMARTS) is 1. The quantitative estimate of drug-likeness (QED) is 0.910. The second kappa shape index (κ2) is 3.66. The van der Waals surface area contributed by atoms with Gasteiger partial charge in [0.1, 0.15) is 10.3 Å². The molecule has 0 aliphatic heterocycles. The molecule has 0 unspecified atom stereocenters. The van der Waals surface area contributed by atoms with E-state index in [2.05, 4.69) is 20.9 Å². The van der Waals surface area contributed by atoms with E-state index in [-0.39, 0.29) is 5.69 Å². The number of aryl methyl sites for hydroxylation is 1. The molecule has 15 heavy (non-hydrogen) atoms. The van der Waals surface area contributed by atoms with Crippen LogP contribution in [-0.2, 0) is 6.42 Å². The van der Waals surface area contributed by atoms with Crippen molar-refractivity contribution < 1.29 is 9.90 Å². The Labute approximate surface area is 94.7 Å². The molecular weight excluding hydrogens is 260 g/mol. The number of hydrogen-bond acceptors (Lipinski definition) is 2. The maximum absolute atomic E-state index is 10.9. The van der Waals surface area contributed by atoms with Crippen molar-refractivity contribution in [2.75, 3.05) is 0 Å². The molecule has 2 aromatic heterocycles. The van der Waals surface area contributed by atoms with Crippen LogP contribution in [0.1, 0.15) is 23.1 Å². The van der Waals surface area contributed by atoms with E-state index in [0.29, 0.717) is 10.3 Å². The van der Waals surface area contributed by atoms with Crippen molar-refractivity contribution in [3.05, 3.63) is 34.2 Å². The van der Waals surface area contributed by atoms with Gasteiger partial charge in [0, 0.05) is 5.69 Å². The van der Waals surface area contributed by atoms with E-state index in [1.165, 1.54) is 0 Å². The lowest BCUT2D eigenvalue weighted by Gasteiger charge is -2.02. The number of imidazole rings is 1. The monoisotopic (exact) mass is 268 g/mol. The summed E-state index contributed by atoms with van der Waals surface area (Å²) in [5, 5.41) is 8.92. The predicted molar refractivity (Wildman–Crippen MR) is 59.2 cm³/mol. The molecule has 0 spiro atoms. The molecule has 78 valence electrons. The molecule has 4 nitrogen and oxygen atoms in total. The zero-order valence-corrected chi connectivity index (χ0v) is 9.65. The number of carbonyl (C=O) groups is 1. The number of aromatic carboxylic acids is 1. The molecule has 0 amide bonds. The summed E-state index contributed by atoms with van der Waals surface area (Å²) < 4.78 is 2.31. The Balaban J connectivity index is 2.82. The van der Waals surface area contributed by atoms with Crippen molar-refractivity contribution in [1.82, 2.24) is 9.38 Å². The third kappa shape index (κ3) is 1.52. The fourth-order valence-electron chi connectivity index (χ4n) is 1.53. The molecule has 0 fully saturated rings. The van der Waals surface area contributed by atoms with Gasteiger partial charge in [-0.1, -0.05) is 13.0 Å². The van der Waals surface area contributed by atoms with Gasteiger partial charge in [0.15, 0.2) is 5.69 Å². The van der Waals surface area contributed by atoms with Gasteiger partial charge in [-0.2, -0.15) is 0 Å². The summed E-state index contributed by atoms with van der Waals surface area (Å²) in [6, 6.07) is 5.61. The first-order chi connectivity index (χ1) is 7.15. The van der Waals surface area contributed by atoms with E-state index in [1.54, 1.807) is 6.07 Å². The van der Waals surface area contributed by atoms with Crippen LogP contribution in [0.3, 0.4) is 0 Å². The van der Waals surface area contributed by atoms with Gasteiger partial charge in [-0.3, -0.25) is 4.40 Å². The number of aromatic nitrogens is 2. The van der Waals surface area contributed by atoms with Crippen molar-refractivity contribution in [3.8, 4) is 0 Å². The summed E-state index contributed by atoms with van der Waals surface area (Å²) in [5.74, 6) is -1.02. The molecule has 0 radical (unpaired) electrons. The molecular formula is C10H9BrN2O2. The smallest absolute Gasteiger partial charge is 0.357 e. The minimum Gasteiger partial charge on any atom is -0.476 e. The normalized spacial score (nSPS) is 10.8. The van der Waals surface area contributed by atoms with E-state index >= 15 is 0 Å². The average Bonchev–Trinajstić information content (AvgIpc) is 2.56. The summed E-state index contributed by atoms with van der Waals surface area (Å²) in [6.45, 7) is 2.02. The molecule has 2 aromatic rings. The molecule has 0 aliphatic rings. The van der Waals surface area contributed by atoms with Crippen LogP contribution in [0.25, 0.3) is 5.65 Å². The molecule has 0 aliphatic carbocycles. The highest BCUT2D eigenvalue weighted by molar-refractivity contribution is 9.10. The van der Waals surface area contributed by atoms with Crippen LogP contribution >= 0.6 is 15.9 Å². The first kappa shape index (κ1) is 10.2. The summed E-state index contributed by atoms with van der Waals surface area (Å²) in [5.41, 5.74) is 1.73. The minimum atomic E-state index is -1.02. The standard InChI is InChI=1S/C10H9BrN2O2/c1-2-6-4-3-5-7-12-8(10(14)15)9(11)13(6)7/h3-5H,2H2,1H3,(H,14,15). The fourth-order valence-corrected chi connectivity index (χ4v) is 2.20. The van der Waals surface area contributed by atoms with Crippen LogP contribution in [-0.4, -0.2) is 20.5 Å². The molecule has 0 atom stereocenters. The Morgan fingerprint density at radius 3 is 2.93 bits per heavy atom. The summed E-state index contributed by atoms with van der Waals surface area (Å²) in [4.78, 5) is 14.9. The molecule has 1 N–H and O–H groups in total. The van der Waals surface area contributed by atoms with Crippen LogP contribution in [0, 0.1) is 0 Å². The summed E-state index contributed by atoms with van der Waals surface area (Å²) >= 11 is 3.26. The van der Waals surface area contributed by atoms with Crippen LogP contribution in [0.4, 0.5) is 0 Å². The van der Waals surface area contributed by atoms with Crippen LogP contribution < -0.4 is 0 Å².